The summed E-state index contributed by atoms with van der Waals surface area (Å²) in [6.07, 6.45) is 1.72. The van der Waals surface area contributed by atoms with Crippen molar-refractivity contribution in [3.63, 3.8) is 0 Å². The van der Waals surface area contributed by atoms with E-state index in [1.807, 2.05) is 36.4 Å². The van der Waals surface area contributed by atoms with E-state index in [2.05, 4.69) is 20.5 Å². The molecule has 1 aromatic carbocycles. The zero-order valence-corrected chi connectivity index (χ0v) is 19.2. The Morgan fingerprint density at radius 1 is 1.15 bits per heavy atom. The van der Waals surface area contributed by atoms with E-state index in [1.54, 1.807) is 23.9 Å². The molecule has 0 radical (unpaired) electrons. The van der Waals surface area contributed by atoms with Crippen LogP contribution in [0.5, 0.6) is 0 Å². The highest BCUT2D eigenvalue weighted by Gasteiger charge is 2.15. The first-order chi connectivity index (χ1) is 16.1. The molecule has 4 heterocycles. The van der Waals surface area contributed by atoms with Gasteiger partial charge in [0.25, 0.3) is 11.5 Å². The number of pyridine rings is 2. The summed E-state index contributed by atoms with van der Waals surface area (Å²) in [5.74, 6) is 0.426. The second-order valence-corrected chi connectivity index (χ2v) is 9.12. The number of thiophene rings is 1. The number of aryl methyl sites for hydroxylation is 1. The minimum absolute atomic E-state index is 0.238. The Morgan fingerprint density at radius 3 is 2.79 bits per heavy atom. The van der Waals surface area contributed by atoms with Gasteiger partial charge in [-0.15, -0.1) is 11.3 Å². The number of ether oxygens (including phenoxy) is 1. The maximum Gasteiger partial charge on any atom is 0.274 e. The summed E-state index contributed by atoms with van der Waals surface area (Å²) in [4.78, 5) is 33.1. The number of amides is 1. The smallest absolute Gasteiger partial charge is 0.274 e. The van der Waals surface area contributed by atoms with Crippen LogP contribution >= 0.6 is 11.3 Å². The number of rotatable bonds is 6. The molecule has 0 aliphatic carbocycles. The van der Waals surface area contributed by atoms with Gasteiger partial charge in [-0.05, 0) is 23.6 Å². The Hall–Kier alpha value is -3.27. The molecule has 1 aliphatic heterocycles. The van der Waals surface area contributed by atoms with Crippen LogP contribution in [-0.4, -0.2) is 59.8 Å². The standard InChI is InChI=1S/C24H25N5O3S/c1-28-19-14-22(25-6-7-29-8-10-32-11-9-29)26-15-17(19)12-18(24(28)31)27-23(30)21-13-16-4-2-3-5-20(16)33-21/h2-5,12-15H,6-11H2,1H3,(H,25,26)(H,27,30). The Bertz CT molecular complexity index is 1340. The van der Waals surface area contributed by atoms with Crippen LogP contribution in [0.3, 0.4) is 0 Å². The van der Waals surface area contributed by atoms with Crippen molar-refractivity contribution in [2.24, 2.45) is 7.05 Å². The Morgan fingerprint density at radius 2 is 1.97 bits per heavy atom. The highest BCUT2D eigenvalue weighted by atomic mass is 32.1. The lowest BCUT2D eigenvalue weighted by molar-refractivity contribution is 0.0398. The van der Waals surface area contributed by atoms with Crippen molar-refractivity contribution in [1.29, 1.82) is 0 Å². The lowest BCUT2D eigenvalue weighted by atomic mass is 10.2. The third-order valence-corrected chi connectivity index (χ3v) is 6.96. The minimum atomic E-state index is -0.290. The Kier molecular flexibility index (Phi) is 6.08. The van der Waals surface area contributed by atoms with Crippen LogP contribution < -0.4 is 16.2 Å². The molecule has 1 fully saturated rings. The van der Waals surface area contributed by atoms with Crippen molar-refractivity contribution in [3.05, 3.63) is 63.9 Å². The second kappa shape index (κ2) is 9.30. The van der Waals surface area contributed by atoms with E-state index in [0.29, 0.717) is 10.7 Å². The Balaban J connectivity index is 1.32. The molecule has 2 N–H and O–H groups in total. The summed E-state index contributed by atoms with van der Waals surface area (Å²) in [7, 11) is 1.71. The van der Waals surface area contributed by atoms with Crippen LogP contribution in [0.25, 0.3) is 21.0 Å². The molecule has 170 valence electrons. The van der Waals surface area contributed by atoms with E-state index < -0.39 is 0 Å². The summed E-state index contributed by atoms with van der Waals surface area (Å²) >= 11 is 1.41. The molecule has 0 unspecified atom stereocenters. The molecule has 1 saturated heterocycles. The van der Waals surface area contributed by atoms with Crippen LogP contribution in [-0.2, 0) is 11.8 Å². The van der Waals surface area contributed by atoms with E-state index in [1.165, 1.54) is 11.3 Å². The number of anilines is 2. The van der Waals surface area contributed by atoms with Crippen LogP contribution in [0, 0.1) is 0 Å². The number of carbonyl (C=O) groups is 1. The predicted molar refractivity (Wildman–Crippen MR) is 133 cm³/mol. The summed E-state index contributed by atoms with van der Waals surface area (Å²) in [6.45, 7) is 5.10. The zero-order valence-electron chi connectivity index (χ0n) is 18.3. The van der Waals surface area contributed by atoms with Gasteiger partial charge in [-0.3, -0.25) is 14.5 Å². The third kappa shape index (κ3) is 4.61. The van der Waals surface area contributed by atoms with Gasteiger partial charge in [0.05, 0.1) is 23.6 Å². The normalized spacial score (nSPS) is 14.6. The molecule has 0 saturated carbocycles. The van der Waals surface area contributed by atoms with E-state index in [-0.39, 0.29) is 17.2 Å². The van der Waals surface area contributed by atoms with Crippen LogP contribution in [0.2, 0.25) is 0 Å². The van der Waals surface area contributed by atoms with Crippen LogP contribution in [0.4, 0.5) is 11.5 Å². The van der Waals surface area contributed by atoms with Crippen molar-refractivity contribution in [1.82, 2.24) is 14.5 Å². The first kappa shape index (κ1) is 21.6. The molecule has 3 aromatic heterocycles. The fourth-order valence-corrected chi connectivity index (χ4v) is 4.95. The number of carbonyl (C=O) groups excluding carboxylic acids is 1. The predicted octanol–water partition coefficient (Wildman–Crippen LogP) is 3.14. The summed E-state index contributed by atoms with van der Waals surface area (Å²) in [5.41, 5.74) is 0.730. The topological polar surface area (TPSA) is 88.5 Å². The molecule has 1 amide bonds. The number of nitrogens with one attached hydrogen (secondary N) is 2. The average molecular weight is 464 g/mol. The van der Waals surface area contributed by atoms with Crippen molar-refractivity contribution in [2.75, 3.05) is 50.0 Å². The summed E-state index contributed by atoms with van der Waals surface area (Å²) in [5, 5.41) is 7.91. The van der Waals surface area contributed by atoms with E-state index >= 15 is 0 Å². The highest BCUT2D eigenvalue weighted by Crippen LogP contribution is 2.26. The molecule has 33 heavy (non-hydrogen) atoms. The fraction of sp³-hybridized carbons (Fsp3) is 0.292. The van der Waals surface area contributed by atoms with Gasteiger partial charge in [-0.2, -0.15) is 0 Å². The van der Waals surface area contributed by atoms with Gasteiger partial charge in [0.2, 0.25) is 0 Å². The maximum absolute atomic E-state index is 12.9. The third-order valence-electron chi connectivity index (χ3n) is 5.84. The van der Waals surface area contributed by atoms with Gasteiger partial charge in [0.1, 0.15) is 11.5 Å². The van der Waals surface area contributed by atoms with Crippen LogP contribution in [0.1, 0.15) is 9.67 Å². The molecule has 0 bridgehead atoms. The monoisotopic (exact) mass is 463 g/mol. The fourth-order valence-electron chi connectivity index (χ4n) is 4.00. The summed E-state index contributed by atoms with van der Waals surface area (Å²) < 4.78 is 7.96. The highest BCUT2D eigenvalue weighted by molar-refractivity contribution is 7.20. The number of morpholine rings is 1. The number of hydrogen-bond acceptors (Lipinski definition) is 7. The number of benzene rings is 1. The lowest BCUT2D eigenvalue weighted by Crippen LogP contribution is -2.39. The largest absolute Gasteiger partial charge is 0.379 e. The molecule has 5 rings (SSSR count). The van der Waals surface area contributed by atoms with Crippen molar-refractivity contribution < 1.29 is 9.53 Å². The first-order valence-electron chi connectivity index (χ1n) is 10.9. The van der Waals surface area contributed by atoms with Gasteiger partial charge in [-0.1, -0.05) is 18.2 Å². The van der Waals surface area contributed by atoms with Crippen molar-refractivity contribution >= 4 is 49.7 Å². The van der Waals surface area contributed by atoms with Gasteiger partial charge in [0, 0.05) is 55.6 Å². The average Bonchev–Trinajstić information content (AvgIpc) is 3.28. The summed E-state index contributed by atoms with van der Waals surface area (Å²) in [6, 6.07) is 13.2. The molecular formula is C24H25N5O3S. The van der Waals surface area contributed by atoms with Crippen molar-refractivity contribution in [2.45, 2.75) is 0 Å². The number of aromatic nitrogens is 2. The van der Waals surface area contributed by atoms with Gasteiger partial charge in [-0.25, -0.2) is 4.98 Å². The molecule has 0 atom stereocenters. The number of fused-ring (bicyclic) bond motifs is 2. The number of hydrogen-bond donors (Lipinski definition) is 2. The molecular weight excluding hydrogens is 438 g/mol. The van der Waals surface area contributed by atoms with Crippen LogP contribution in [0.15, 0.2) is 53.5 Å². The quantitative estimate of drug-likeness (QED) is 0.457. The maximum atomic E-state index is 12.9. The van der Waals surface area contributed by atoms with E-state index in [4.69, 9.17) is 4.74 Å². The van der Waals surface area contributed by atoms with E-state index in [9.17, 15) is 9.59 Å². The van der Waals surface area contributed by atoms with E-state index in [0.717, 1.165) is 60.4 Å². The molecule has 8 nitrogen and oxygen atoms in total. The number of nitrogens with zero attached hydrogens (tertiary/aromatic N) is 3. The van der Waals surface area contributed by atoms with Gasteiger partial charge < -0.3 is 19.9 Å². The zero-order chi connectivity index (χ0) is 22.8. The second-order valence-electron chi connectivity index (χ2n) is 8.03. The lowest BCUT2D eigenvalue weighted by Gasteiger charge is -2.26. The molecule has 4 aromatic rings. The molecule has 0 spiro atoms. The molecule has 1 aliphatic rings. The molecule has 9 heteroatoms. The first-order valence-corrected chi connectivity index (χ1v) is 11.7. The van der Waals surface area contributed by atoms with Gasteiger partial charge >= 0.3 is 0 Å². The van der Waals surface area contributed by atoms with Crippen molar-refractivity contribution in [3.8, 4) is 0 Å². The van der Waals surface area contributed by atoms with Gasteiger partial charge in [0.15, 0.2) is 0 Å². The SMILES string of the molecule is Cn1c(=O)c(NC(=O)c2cc3ccccc3s2)cc2cnc(NCCN3CCOCC3)cc21. The minimum Gasteiger partial charge on any atom is -0.379 e. The Labute approximate surface area is 194 Å².